The van der Waals surface area contributed by atoms with Gasteiger partial charge in [-0.1, -0.05) is 17.7 Å². The van der Waals surface area contributed by atoms with Gasteiger partial charge in [-0.25, -0.2) is 0 Å². The Morgan fingerprint density at radius 3 is 2.45 bits per heavy atom. The maximum absolute atomic E-state index is 12.6. The molecule has 4 nitrogen and oxygen atoms in total. The number of nitrogen functional groups attached to an aromatic ring is 1. The summed E-state index contributed by atoms with van der Waals surface area (Å²) in [6, 6.07) is 9.57. The van der Waals surface area contributed by atoms with E-state index in [1.54, 1.807) is 17.2 Å². The zero-order valence-corrected chi connectivity index (χ0v) is 12.1. The van der Waals surface area contributed by atoms with Gasteiger partial charge in [0.1, 0.15) is 0 Å². The molecule has 0 aliphatic rings. The number of nitrogens with zero attached hydrogens (tertiary/aromatic N) is 2. The van der Waals surface area contributed by atoms with E-state index in [1.807, 2.05) is 45.0 Å². The van der Waals surface area contributed by atoms with Crippen LogP contribution in [0.4, 0.5) is 11.4 Å². The van der Waals surface area contributed by atoms with Gasteiger partial charge in [0.2, 0.25) is 0 Å². The standard InChI is InChI=1S/C16H19N3O/c1-4-19(13-7-5-11(2)6-8-13)16(20)14-10-18-12(3)9-15(14)17/h5-10H,4H2,1-3H3,(H2,17,18). The van der Waals surface area contributed by atoms with Crippen molar-refractivity contribution in [3.8, 4) is 0 Å². The maximum atomic E-state index is 12.6. The highest BCUT2D eigenvalue weighted by Gasteiger charge is 2.18. The molecule has 0 saturated heterocycles. The first kappa shape index (κ1) is 14.1. The number of benzene rings is 1. The summed E-state index contributed by atoms with van der Waals surface area (Å²) in [5.41, 5.74) is 9.67. The lowest BCUT2D eigenvalue weighted by molar-refractivity contribution is 0.0989. The highest BCUT2D eigenvalue weighted by atomic mass is 16.2. The molecule has 2 N–H and O–H groups in total. The van der Waals surface area contributed by atoms with Gasteiger partial charge in [0.15, 0.2) is 0 Å². The minimum absolute atomic E-state index is 0.124. The van der Waals surface area contributed by atoms with Crippen LogP contribution in [0.2, 0.25) is 0 Å². The molecular weight excluding hydrogens is 250 g/mol. The quantitative estimate of drug-likeness (QED) is 0.932. The number of anilines is 2. The third-order valence-electron chi connectivity index (χ3n) is 3.21. The zero-order chi connectivity index (χ0) is 14.7. The second-order valence-corrected chi connectivity index (χ2v) is 4.80. The number of hydrogen-bond acceptors (Lipinski definition) is 3. The Kier molecular flexibility index (Phi) is 4.03. The highest BCUT2D eigenvalue weighted by molar-refractivity contribution is 6.09. The molecule has 2 rings (SSSR count). The molecule has 0 spiro atoms. The molecule has 1 heterocycles. The van der Waals surface area contributed by atoms with Gasteiger partial charge in [-0.05, 0) is 39.0 Å². The van der Waals surface area contributed by atoms with Crippen LogP contribution in [-0.4, -0.2) is 17.4 Å². The Morgan fingerprint density at radius 1 is 1.25 bits per heavy atom. The lowest BCUT2D eigenvalue weighted by Gasteiger charge is -2.22. The fourth-order valence-electron chi connectivity index (χ4n) is 2.07. The van der Waals surface area contributed by atoms with Crippen LogP contribution < -0.4 is 10.6 Å². The van der Waals surface area contributed by atoms with E-state index in [9.17, 15) is 4.79 Å². The third kappa shape index (κ3) is 2.79. The largest absolute Gasteiger partial charge is 0.398 e. The van der Waals surface area contributed by atoms with Crippen LogP contribution >= 0.6 is 0 Å². The molecule has 0 atom stereocenters. The van der Waals surface area contributed by atoms with E-state index in [-0.39, 0.29) is 5.91 Å². The molecule has 1 aromatic carbocycles. The summed E-state index contributed by atoms with van der Waals surface area (Å²) in [7, 11) is 0. The predicted octanol–water partition coefficient (Wildman–Crippen LogP) is 2.95. The van der Waals surface area contributed by atoms with E-state index >= 15 is 0 Å². The molecule has 104 valence electrons. The van der Waals surface area contributed by atoms with Gasteiger partial charge in [0.25, 0.3) is 5.91 Å². The Bertz CT molecular complexity index is 620. The third-order valence-corrected chi connectivity index (χ3v) is 3.21. The van der Waals surface area contributed by atoms with Crippen LogP contribution in [0.3, 0.4) is 0 Å². The first-order valence-electron chi connectivity index (χ1n) is 6.63. The van der Waals surface area contributed by atoms with E-state index < -0.39 is 0 Å². The van der Waals surface area contributed by atoms with Crippen molar-refractivity contribution in [3.63, 3.8) is 0 Å². The van der Waals surface area contributed by atoms with E-state index in [4.69, 9.17) is 5.73 Å². The van der Waals surface area contributed by atoms with Crippen LogP contribution in [0.5, 0.6) is 0 Å². The highest BCUT2D eigenvalue weighted by Crippen LogP contribution is 2.20. The van der Waals surface area contributed by atoms with Gasteiger partial charge < -0.3 is 10.6 Å². The molecule has 4 heteroatoms. The minimum Gasteiger partial charge on any atom is -0.398 e. The SMILES string of the molecule is CCN(C(=O)c1cnc(C)cc1N)c1ccc(C)cc1. The number of aromatic nitrogens is 1. The summed E-state index contributed by atoms with van der Waals surface area (Å²) in [6.07, 6.45) is 1.55. The van der Waals surface area contributed by atoms with Gasteiger partial charge >= 0.3 is 0 Å². The summed E-state index contributed by atoms with van der Waals surface area (Å²) >= 11 is 0. The second kappa shape index (κ2) is 5.74. The predicted molar refractivity (Wildman–Crippen MR) is 81.9 cm³/mol. The number of nitrogens with two attached hydrogens (primary N) is 1. The maximum Gasteiger partial charge on any atom is 0.261 e. The van der Waals surface area contributed by atoms with E-state index in [0.29, 0.717) is 17.8 Å². The van der Waals surface area contributed by atoms with Crippen LogP contribution in [0.1, 0.15) is 28.5 Å². The zero-order valence-electron chi connectivity index (χ0n) is 12.1. The number of pyridine rings is 1. The molecule has 2 aromatic rings. The average Bonchev–Trinajstić information content (AvgIpc) is 2.41. The van der Waals surface area contributed by atoms with E-state index in [1.165, 1.54) is 0 Å². The van der Waals surface area contributed by atoms with Crippen LogP contribution in [0.15, 0.2) is 36.5 Å². The number of carbonyl (C=O) groups excluding carboxylic acids is 1. The number of hydrogen-bond donors (Lipinski definition) is 1. The molecule has 0 unspecified atom stereocenters. The van der Waals surface area contributed by atoms with Crippen molar-refractivity contribution in [1.29, 1.82) is 0 Å². The monoisotopic (exact) mass is 269 g/mol. The fourth-order valence-corrected chi connectivity index (χ4v) is 2.07. The molecule has 0 radical (unpaired) electrons. The summed E-state index contributed by atoms with van der Waals surface area (Å²) in [6.45, 7) is 6.39. The van der Waals surface area contributed by atoms with Crippen molar-refractivity contribution in [3.05, 3.63) is 53.3 Å². The lowest BCUT2D eigenvalue weighted by atomic mass is 10.1. The summed E-state index contributed by atoms with van der Waals surface area (Å²) in [5.74, 6) is -0.124. The lowest BCUT2D eigenvalue weighted by Crippen LogP contribution is -2.31. The van der Waals surface area contributed by atoms with Crippen molar-refractivity contribution in [1.82, 2.24) is 4.98 Å². The molecular formula is C16H19N3O. The average molecular weight is 269 g/mol. The van der Waals surface area contributed by atoms with Gasteiger partial charge in [0, 0.05) is 29.8 Å². The van der Waals surface area contributed by atoms with Crippen LogP contribution in [0, 0.1) is 13.8 Å². The normalized spacial score (nSPS) is 10.3. The summed E-state index contributed by atoms with van der Waals surface area (Å²) in [5, 5.41) is 0. The smallest absolute Gasteiger partial charge is 0.261 e. The van der Waals surface area contributed by atoms with Crippen molar-refractivity contribution in [2.45, 2.75) is 20.8 Å². The molecule has 1 amide bonds. The number of aryl methyl sites for hydroxylation is 2. The van der Waals surface area contributed by atoms with Gasteiger partial charge in [0.05, 0.1) is 5.56 Å². The topological polar surface area (TPSA) is 59.2 Å². The van der Waals surface area contributed by atoms with Gasteiger partial charge in [-0.3, -0.25) is 9.78 Å². The first-order chi connectivity index (χ1) is 9.52. The molecule has 20 heavy (non-hydrogen) atoms. The fraction of sp³-hybridized carbons (Fsp3) is 0.250. The first-order valence-corrected chi connectivity index (χ1v) is 6.63. The molecule has 0 fully saturated rings. The molecule has 1 aromatic heterocycles. The molecule has 0 bridgehead atoms. The Balaban J connectivity index is 2.36. The van der Waals surface area contributed by atoms with Crippen molar-refractivity contribution in [2.75, 3.05) is 17.2 Å². The molecule has 0 aliphatic carbocycles. The summed E-state index contributed by atoms with van der Waals surface area (Å²) < 4.78 is 0. The van der Waals surface area contributed by atoms with Crippen LogP contribution in [0.25, 0.3) is 0 Å². The van der Waals surface area contributed by atoms with Crippen molar-refractivity contribution < 1.29 is 4.79 Å². The van der Waals surface area contributed by atoms with Crippen molar-refractivity contribution >= 4 is 17.3 Å². The van der Waals surface area contributed by atoms with Crippen molar-refractivity contribution in [2.24, 2.45) is 0 Å². The Hall–Kier alpha value is -2.36. The number of rotatable bonds is 3. The summed E-state index contributed by atoms with van der Waals surface area (Å²) in [4.78, 5) is 18.5. The number of carbonyl (C=O) groups is 1. The molecule has 0 saturated carbocycles. The van der Waals surface area contributed by atoms with Gasteiger partial charge in [-0.15, -0.1) is 0 Å². The molecule has 0 aliphatic heterocycles. The van der Waals surface area contributed by atoms with E-state index in [0.717, 1.165) is 16.9 Å². The number of amides is 1. The van der Waals surface area contributed by atoms with Crippen LogP contribution in [-0.2, 0) is 0 Å². The second-order valence-electron chi connectivity index (χ2n) is 4.80. The minimum atomic E-state index is -0.124. The van der Waals surface area contributed by atoms with Gasteiger partial charge in [-0.2, -0.15) is 0 Å². The van der Waals surface area contributed by atoms with E-state index in [2.05, 4.69) is 4.98 Å². The Labute approximate surface area is 119 Å². The Morgan fingerprint density at radius 2 is 1.90 bits per heavy atom.